The van der Waals surface area contributed by atoms with E-state index in [4.69, 9.17) is 0 Å². The highest BCUT2D eigenvalue weighted by molar-refractivity contribution is 7.09. The topological polar surface area (TPSA) is 63.8 Å². The van der Waals surface area contributed by atoms with Gasteiger partial charge in [-0.3, -0.25) is 0 Å². The van der Waals surface area contributed by atoms with Crippen molar-refractivity contribution in [3.05, 3.63) is 28.3 Å². The first kappa shape index (κ1) is 10.3. The molecule has 6 heteroatoms. The van der Waals surface area contributed by atoms with Crippen molar-refractivity contribution >= 4 is 11.3 Å². The minimum Gasteiger partial charge on any atom is -0.343 e. The summed E-state index contributed by atoms with van der Waals surface area (Å²) in [6.07, 6.45) is 2.13. The molecular formula is C9H12N4OS. The van der Waals surface area contributed by atoms with Crippen molar-refractivity contribution < 1.29 is 4.52 Å². The minimum absolute atomic E-state index is 0.734. The Hall–Kier alpha value is -1.27. The number of rotatable bonds is 5. The van der Waals surface area contributed by atoms with E-state index < -0.39 is 0 Å². The first-order valence-electron chi connectivity index (χ1n) is 4.71. The monoisotopic (exact) mass is 224 g/mol. The van der Waals surface area contributed by atoms with Gasteiger partial charge in [0.2, 0.25) is 6.39 Å². The van der Waals surface area contributed by atoms with Crippen LogP contribution >= 0.6 is 11.3 Å². The summed E-state index contributed by atoms with van der Waals surface area (Å²) in [4.78, 5) is 8.29. The largest absolute Gasteiger partial charge is 0.343 e. The third kappa shape index (κ3) is 3.10. The van der Waals surface area contributed by atoms with Gasteiger partial charge < -0.3 is 9.84 Å². The Balaban J connectivity index is 1.67. The molecule has 0 bridgehead atoms. The summed E-state index contributed by atoms with van der Waals surface area (Å²) in [7, 11) is 0. The Morgan fingerprint density at radius 1 is 1.53 bits per heavy atom. The predicted octanol–water partition coefficient (Wildman–Crippen LogP) is 1.17. The maximum Gasteiger partial charge on any atom is 0.213 e. The van der Waals surface area contributed by atoms with Crippen LogP contribution in [0.25, 0.3) is 0 Å². The van der Waals surface area contributed by atoms with E-state index in [0.717, 1.165) is 36.0 Å². The molecule has 0 aliphatic rings. The zero-order valence-corrected chi connectivity index (χ0v) is 9.25. The van der Waals surface area contributed by atoms with Crippen LogP contribution < -0.4 is 5.32 Å². The van der Waals surface area contributed by atoms with E-state index in [1.54, 1.807) is 11.3 Å². The van der Waals surface area contributed by atoms with Gasteiger partial charge in [0.25, 0.3) is 0 Å². The van der Waals surface area contributed by atoms with Gasteiger partial charge in [-0.25, -0.2) is 4.98 Å². The number of aromatic nitrogens is 3. The first-order valence-corrected chi connectivity index (χ1v) is 5.59. The number of aryl methyl sites for hydroxylation is 1. The van der Waals surface area contributed by atoms with Crippen LogP contribution in [0.15, 0.2) is 16.3 Å². The minimum atomic E-state index is 0.734. The van der Waals surface area contributed by atoms with Crippen LogP contribution in [0.5, 0.6) is 0 Å². The third-order valence-corrected chi connectivity index (χ3v) is 2.84. The van der Waals surface area contributed by atoms with Crippen LogP contribution in [-0.4, -0.2) is 21.7 Å². The van der Waals surface area contributed by atoms with Crippen molar-refractivity contribution in [1.82, 2.24) is 20.4 Å². The average Bonchev–Trinajstić information content (AvgIpc) is 2.84. The molecule has 0 saturated carbocycles. The van der Waals surface area contributed by atoms with Gasteiger partial charge >= 0.3 is 0 Å². The van der Waals surface area contributed by atoms with Gasteiger partial charge in [0.1, 0.15) is 5.01 Å². The quantitative estimate of drug-likeness (QED) is 0.772. The van der Waals surface area contributed by atoms with Gasteiger partial charge in [-0.05, 0) is 6.92 Å². The van der Waals surface area contributed by atoms with E-state index in [-0.39, 0.29) is 0 Å². The standard InChI is InChI=1S/C9H12N4OS/c1-7-5-15-9(12-7)4-10-3-2-8-11-6-14-13-8/h5-6,10H,2-4H2,1H3. The lowest BCUT2D eigenvalue weighted by Crippen LogP contribution is -2.17. The molecule has 0 spiro atoms. The van der Waals surface area contributed by atoms with Crippen molar-refractivity contribution in [2.24, 2.45) is 0 Å². The van der Waals surface area contributed by atoms with Crippen LogP contribution in [0, 0.1) is 6.92 Å². The third-order valence-electron chi connectivity index (χ3n) is 1.88. The Bertz CT molecular complexity index is 398. The van der Waals surface area contributed by atoms with Crippen molar-refractivity contribution in [2.45, 2.75) is 19.9 Å². The molecule has 0 saturated heterocycles. The first-order chi connectivity index (χ1) is 7.34. The van der Waals surface area contributed by atoms with Gasteiger partial charge in [-0.2, -0.15) is 4.98 Å². The molecule has 5 nitrogen and oxygen atoms in total. The van der Waals surface area contributed by atoms with Gasteiger partial charge in [-0.1, -0.05) is 5.16 Å². The highest BCUT2D eigenvalue weighted by atomic mass is 32.1. The van der Waals surface area contributed by atoms with E-state index in [9.17, 15) is 0 Å². The highest BCUT2D eigenvalue weighted by Gasteiger charge is 1.99. The summed E-state index contributed by atoms with van der Waals surface area (Å²) in [6.45, 7) is 3.63. The van der Waals surface area contributed by atoms with E-state index in [0.29, 0.717) is 0 Å². The van der Waals surface area contributed by atoms with Gasteiger partial charge in [-0.15, -0.1) is 11.3 Å². The summed E-state index contributed by atoms with van der Waals surface area (Å²) in [5.74, 6) is 0.734. The molecule has 15 heavy (non-hydrogen) atoms. The van der Waals surface area contributed by atoms with Crippen molar-refractivity contribution in [3.8, 4) is 0 Å². The number of thiazole rings is 1. The molecule has 2 rings (SSSR count). The molecule has 0 aliphatic carbocycles. The lowest BCUT2D eigenvalue weighted by Gasteiger charge is -1.98. The Kier molecular flexibility index (Phi) is 3.41. The van der Waals surface area contributed by atoms with Gasteiger partial charge in [0.15, 0.2) is 5.82 Å². The van der Waals surface area contributed by atoms with Crippen LogP contribution in [0.3, 0.4) is 0 Å². The fraction of sp³-hybridized carbons (Fsp3) is 0.444. The number of nitrogens with one attached hydrogen (secondary N) is 1. The van der Waals surface area contributed by atoms with Gasteiger partial charge in [0, 0.05) is 30.6 Å². The SMILES string of the molecule is Cc1csc(CNCCc2ncon2)n1. The molecule has 2 aromatic rings. The molecule has 0 amide bonds. The van der Waals surface area contributed by atoms with E-state index in [1.165, 1.54) is 6.39 Å². The average molecular weight is 224 g/mol. The van der Waals surface area contributed by atoms with E-state index in [2.05, 4.69) is 30.3 Å². The Morgan fingerprint density at radius 3 is 3.13 bits per heavy atom. The number of hydrogen-bond donors (Lipinski definition) is 1. The predicted molar refractivity (Wildman–Crippen MR) is 56.6 cm³/mol. The lowest BCUT2D eigenvalue weighted by molar-refractivity contribution is 0.409. The smallest absolute Gasteiger partial charge is 0.213 e. The molecule has 80 valence electrons. The highest BCUT2D eigenvalue weighted by Crippen LogP contribution is 2.07. The van der Waals surface area contributed by atoms with Crippen LogP contribution in [0.1, 0.15) is 16.5 Å². The second-order valence-electron chi connectivity index (χ2n) is 3.16. The van der Waals surface area contributed by atoms with Gasteiger partial charge in [0.05, 0.1) is 0 Å². The molecule has 1 N–H and O–H groups in total. The number of hydrogen-bond acceptors (Lipinski definition) is 6. The normalized spacial score (nSPS) is 10.7. The zero-order chi connectivity index (χ0) is 10.5. The molecule has 0 aromatic carbocycles. The fourth-order valence-corrected chi connectivity index (χ4v) is 1.92. The van der Waals surface area contributed by atoms with E-state index in [1.807, 2.05) is 6.92 Å². The molecule has 0 unspecified atom stereocenters. The van der Waals surface area contributed by atoms with Crippen molar-refractivity contribution in [1.29, 1.82) is 0 Å². The molecular weight excluding hydrogens is 212 g/mol. The fourth-order valence-electron chi connectivity index (χ4n) is 1.18. The Labute approximate surface area is 91.5 Å². The molecule has 2 aromatic heterocycles. The second kappa shape index (κ2) is 4.99. The summed E-state index contributed by atoms with van der Waals surface area (Å²) >= 11 is 1.67. The van der Waals surface area contributed by atoms with Crippen LogP contribution in [-0.2, 0) is 13.0 Å². The van der Waals surface area contributed by atoms with Crippen molar-refractivity contribution in [3.63, 3.8) is 0 Å². The molecule has 0 radical (unpaired) electrons. The summed E-state index contributed by atoms with van der Waals surface area (Å²) < 4.78 is 4.63. The maximum atomic E-state index is 4.63. The van der Waals surface area contributed by atoms with Crippen LogP contribution in [0.2, 0.25) is 0 Å². The lowest BCUT2D eigenvalue weighted by atomic mass is 10.4. The second-order valence-corrected chi connectivity index (χ2v) is 4.10. The Morgan fingerprint density at radius 2 is 2.47 bits per heavy atom. The molecule has 0 fully saturated rings. The van der Waals surface area contributed by atoms with Crippen LogP contribution in [0.4, 0.5) is 0 Å². The van der Waals surface area contributed by atoms with Crippen molar-refractivity contribution in [2.75, 3.05) is 6.54 Å². The summed E-state index contributed by atoms with van der Waals surface area (Å²) in [5.41, 5.74) is 1.08. The molecule has 0 atom stereocenters. The summed E-state index contributed by atoms with van der Waals surface area (Å²) in [5, 5.41) is 10.2. The summed E-state index contributed by atoms with van der Waals surface area (Å²) in [6, 6.07) is 0. The molecule has 2 heterocycles. The zero-order valence-electron chi connectivity index (χ0n) is 8.43. The maximum absolute atomic E-state index is 4.63. The molecule has 0 aliphatic heterocycles. The number of nitrogens with zero attached hydrogens (tertiary/aromatic N) is 3. The van der Waals surface area contributed by atoms with E-state index >= 15 is 0 Å².